The summed E-state index contributed by atoms with van der Waals surface area (Å²) in [4.78, 5) is 14.9. The van der Waals surface area contributed by atoms with E-state index in [4.69, 9.17) is 10.5 Å². The van der Waals surface area contributed by atoms with E-state index in [1.807, 2.05) is 31.2 Å². The average Bonchev–Trinajstić information content (AvgIpc) is 2.54. The van der Waals surface area contributed by atoms with Gasteiger partial charge in [-0.25, -0.2) is 0 Å². The highest BCUT2D eigenvalue weighted by Crippen LogP contribution is 2.17. The van der Waals surface area contributed by atoms with E-state index in [1.165, 1.54) is 5.56 Å². The van der Waals surface area contributed by atoms with Gasteiger partial charge in [0.25, 0.3) is 5.91 Å². The fourth-order valence-corrected chi connectivity index (χ4v) is 3.20. The maximum absolute atomic E-state index is 12.5. The molecule has 0 aromatic heterocycles. The number of carbonyl (C=O) groups excluding carboxylic acids is 1. The van der Waals surface area contributed by atoms with E-state index in [2.05, 4.69) is 37.9 Å². The van der Waals surface area contributed by atoms with E-state index in [9.17, 15) is 4.79 Å². The normalized spacial score (nSPS) is 24.1. The summed E-state index contributed by atoms with van der Waals surface area (Å²) in [6.07, 6.45) is 0.526. The number of morpholine rings is 1. The Kier molecular flexibility index (Phi) is 6.60. The molecule has 5 heteroatoms. The van der Waals surface area contributed by atoms with Crippen LogP contribution < -0.4 is 11.1 Å². The van der Waals surface area contributed by atoms with Gasteiger partial charge in [-0.15, -0.1) is 0 Å². The van der Waals surface area contributed by atoms with Crippen LogP contribution in [-0.2, 0) is 11.3 Å². The number of hydrogen-bond donors (Lipinski definition) is 2. The predicted molar refractivity (Wildman–Crippen MR) is 101 cm³/mol. The summed E-state index contributed by atoms with van der Waals surface area (Å²) in [5.41, 5.74) is 7.35. The first-order chi connectivity index (χ1) is 11.7. The van der Waals surface area contributed by atoms with Crippen LogP contribution in [0, 0.1) is 5.92 Å². The van der Waals surface area contributed by atoms with Gasteiger partial charge in [0, 0.05) is 31.7 Å². The monoisotopic (exact) mass is 347 g/mol. The zero-order valence-corrected chi connectivity index (χ0v) is 16.2. The highest BCUT2D eigenvalue weighted by molar-refractivity contribution is 5.94. The summed E-state index contributed by atoms with van der Waals surface area (Å²) in [5, 5.41) is 3.08. The lowest BCUT2D eigenvalue weighted by atomic mass is 9.88. The Bertz CT molecular complexity index is 563. The molecule has 0 radical (unpaired) electrons. The molecule has 1 aromatic rings. The maximum Gasteiger partial charge on any atom is 0.251 e. The Balaban J connectivity index is 1.98. The summed E-state index contributed by atoms with van der Waals surface area (Å²) >= 11 is 0. The minimum atomic E-state index is -0.393. The Labute approximate surface area is 151 Å². The molecule has 25 heavy (non-hydrogen) atoms. The Morgan fingerprint density at radius 2 is 1.84 bits per heavy atom. The first kappa shape index (κ1) is 19.9. The van der Waals surface area contributed by atoms with Gasteiger partial charge in [0.05, 0.1) is 17.7 Å². The molecule has 0 bridgehead atoms. The lowest BCUT2D eigenvalue weighted by Crippen LogP contribution is -2.55. The molecule has 1 amide bonds. The molecule has 1 aliphatic rings. The number of rotatable bonds is 6. The zero-order chi connectivity index (χ0) is 18.6. The molecule has 1 aliphatic heterocycles. The number of carbonyl (C=O) groups is 1. The van der Waals surface area contributed by atoms with Crippen LogP contribution in [0.1, 0.15) is 50.5 Å². The molecule has 3 atom stereocenters. The number of nitrogens with zero attached hydrogens (tertiary/aromatic N) is 1. The molecule has 1 saturated heterocycles. The number of nitrogens with two attached hydrogens (primary N) is 1. The van der Waals surface area contributed by atoms with Gasteiger partial charge < -0.3 is 15.8 Å². The van der Waals surface area contributed by atoms with Gasteiger partial charge in [-0.1, -0.05) is 26.0 Å². The summed E-state index contributed by atoms with van der Waals surface area (Å²) in [5.74, 6) is 0.202. The molecule has 2 rings (SSSR count). The fraction of sp³-hybridized carbons (Fsp3) is 0.650. The van der Waals surface area contributed by atoms with Gasteiger partial charge in [-0.3, -0.25) is 9.69 Å². The van der Waals surface area contributed by atoms with E-state index in [-0.39, 0.29) is 24.0 Å². The van der Waals surface area contributed by atoms with Crippen LogP contribution >= 0.6 is 0 Å². The SMILES string of the molecule is CC1CN(Cc2ccc(C(=O)NC(C)(CN)C(C)C)cc2)CC(C)O1. The molecular formula is C20H33N3O2. The van der Waals surface area contributed by atoms with Crippen molar-refractivity contribution in [3.63, 3.8) is 0 Å². The Morgan fingerprint density at radius 3 is 2.32 bits per heavy atom. The van der Waals surface area contributed by atoms with Gasteiger partial charge in [-0.05, 0) is 44.4 Å². The average molecular weight is 348 g/mol. The van der Waals surface area contributed by atoms with Crippen LogP contribution in [0.5, 0.6) is 0 Å². The van der Waals surface area contributed by atoms with E-state index < -0.39 is 5.54 Å². The predicted octanol–water partition coefficient (Wildman–Crippen LogP) is 2.40. The van der Waals surface area contributed by atoms with Crippen molar-refractivity contribution in [3.8, 4) is 0 Å². The molecule has 3 unspecified atom stereocenters. The number of benzene rings is 1. The van der Waals surface area contributed by atoms with Crippen molar-refractivity contribution in [2.45, 2.75) is 58.9 Å². The molecule has 1 aromatic carbocycles. The van der Waals surface area contributed by atoms with Crippen LogP contribution in [0.3, 0.4) is 0 Å². The van der Waals surface area contributed by atoms with Gasteiger partial charge in [0.15, 0.2) is 0 Å². The van der Waals surface area contributed by atoms with Crippen molar-refractivity contribution in [1.82, 2.24) is 10.2 Å². The Hall–Kier alpha value is -1.43. The molecule has 0 saturated carbocycles. The second kappa shape index (κ2) is 8.30. The van der Waals surface area contributed by atoms with Crippen LogP contribution in [0.4, 0.5) is 0 Å². The molecule has 5 nitrogen and oxygen atoms in total. The van der Waals surface area contributed by atoms with Crippen molar-refractivity contribution in [2.24, 2.45) is 11.7 Å². The molecule has 1 heterocycles. The van der Waals surface area contributed by atoms with Gasteiger partial charge in [0.2, 0.25) is 0 Å². The van der Waals surface area contributed by atoms with Crippen LogP contribution in [-0.4, -0.2) is 48.2 Å². The molecule has 3 N–H and O–H groups in total. The topological polar surface area (TPSA) is 67.6 Å². The minimum Gasteiger partial charge on any atom is -0.373 e. The van der Waals surface area contributed by atoms with Gasteiger partial charge in [0.1, 0.15) is 0 Å². The van der Waals surface area contributed by atoms with Crippen molar-refractivity contribution in [2.75, 3.05) is 19.6 Å². The number of nitrogens with one attached hydrogen (secondary N) is 1. The zero-order valence-electron chi connectivity index (χ0n) is 16.2. The van der Waals surface area contributed by atoms with E-state index >= 15 is 0 Å². The number of hydrogen-bond acceptors (Lipinski definition) is 4. The second-order valence-corrected chi connectivity index (χ2v) is 7.88. The van der Waals surface area contributed by atoms with Crippen molar-refractivity contribution in [3.05, 3.63) is 35.4 Å². The first-order valence-corrected chi connectivity index (χ1v) is 9.23. The summed E-state index contributed by atoms with van der Waals surface area (Å²) in [7, 11) is 0. The quantitative estimate of drug-likeness (QED) is 0.829. The third-order valence-electron chi connectivity index (χ3n) is 5.21. The standard InChI is InChI=1S/C20H33N3O2/c1-14(2)20(5,13-21)22-19(24)18-8-6-17(7-9-18)12-23-10-15(3)25-16(4)11-23/h6-9,14-16H,10-13,21H2,1-5H3,(H,22,24). The van der Waals surface area contributed by atoms with Gasteiger partial charge >= 0.3 is 0 Å². The third kappa shape index (κ3) is 5.27. The second-order valence-electron chi connectivity index (χ2n) is 7.88. The van der Waals surface area contributed by atoms with Gasteiger partial charge in [-0.2, -0.15) is 0 Å². The van der Waals surface area contributed by atoms with Crippen LogP contribution in [0.15, 0.2) is 24.3 Å². The number of ether oxygens (including phenoxy) is 1. The van der Waals surface area contributed by atoms with E-state index in [0.29, 0.717) is 12.1 Å². The summed E-state index contributed by atoms with van der Waals surface area (Å²) in [6, 6.07) is 7.87. The lowest BCUT2D eigenvalue weighted by Gasteiger charge is -2.35. The molecule has 1 fully saturated rings. The minimum absolute atomic E-state index is 0.0678. The highest BCUT2D eigenvalue weighted by Gasteiger charge is 2.29. The fourth-order valence-electron chi connectivity index (χ4n) is 3.20. The van der Waals surface area contributed by atoms with Crippen molar-refractivity contribution in [1.29, 1.82) is 0 Å². The molecule has 0 aliphatic carbocycles. The third-order valence-corrected chi connectivity index (χ3v) is 5.21. The molecule has 140 valence electrons. The first-order valence-electron chi connectivity index (χ1n) is 9.23. The number of amides is 1. The smallest absolute Gasteiger partial charge is 0.251 e. The van der Waals surface area contributed by atoms with E-state index in [0.717, 1.165) is 19.6 Å². The molecular weight excluding hydrogens is 314 g/mol. The maximum atomic E-state index is 12.5. The Morgan fingerprint density at radius 1 is 1.28 bits per heavy atom. The summed E-state index contributed by atoms with van der Waals surface area (Å²) in [6.45, 7) is 13.5. The summed E-state index contributed by atoms with van der Waals surface area (Å²) < 4.78 is 5.78. The van der Waals surface area contributed by atoms with Crippen LogP contribution in [0.2, 0.25) is 0 Å². The van der Waals surface area contributed by atoms with E-state index in [1.54, 1.807) is 0 Å². The van der Waals surface area contributed by atoms with Crippen molar-refractivity contribution < 1.29 is 9.53 Å². The highest BCUT2D eigenvalue weighted by atomic mass is 16.5. The van der Waals surface area contributed by atoms with Crippen molar-refractivity contribution >= 4 is 5.91 Å². The lowest BCUT2D eigenvalue weighted by molar-refractivity contribution is -0.0704. The van der Waals surface area contributed by atoms with Crippen LogP contribution in [0.25, 0.3) is 0 Å². The molecule has 0 spiro atoms. The largest absolute Gasteiger partial charge is 0.373 e.